The molecule has 1 saturated carbocycles. The average Bonchev–Trinajstić information content (AvgIpc) is 2.47. The summed E-state index contributed by atoms with van der Waals surface area (Å²) in [4.78, 5) is 0. The Hall–Kier alpha value is -0.660. The van der Waals surface area contributed by atoms with Gasteiger partial charge in [0.1, 0.15) is 11.7 Å². The monoisotopic (exact) mass is 324 g/mol. The van der Waals surface area contributed by atoms with Crippen molar-refractivity contribution < 1.29 is 31.8 Å². The first-order valence-electron chi connectivity index (χ1n) is 7.53. The van der Waals surface area contributed by atoms with Gasteiger partial charge in [0, 0.05) is 10.8 Å². The third-order valence-electron chi connectivity index (χ3n) is 5.20. The van der Waals surface area contributed by atoms with E-state index in [1.807, 2.05) is 6.92 Å². The van der Waals surface area contributed by atoms with Crippen LogP contribution in [0.2, 0.25) is 0 Å². The van der Waals surface area contributed by atoms with E-state index < -0.39 is 31.8 Å². The fraction of sp³-hybridized carbons (Fsp3) is 0.867. The van der Waals surface area contributed by atoms with E-state index in [0.29, 0.717) is 0 Å². The highest BCUT2D eigenvalue weighted by molar-refractivity contribution is 5.21. The maximum Gasteiger partial charge on any atom is 0.396 e. The average molecular weight is 324 g/mol. The van der Waals surface area contributed by atoms with Gasteiger partial charge in [-0.2, -0.15) is 13.2 Å². The van der Waals surface area contributed by atoms with E-state index >= 15 is 0 Å². The standard InChI is InChI=1S/C15H20F4O3/c1-13-2-4-14(5-3-13,6-11(13)16)9-22-12-20-7-10(8-21-12)15(17,18)19/h6,10,12H,2-5,7-9H2,1H3. The minimum atomic E-state index is -4.33. The number of allylic oxidation sites excluding steroid dienone is 1. The molecule has 0 N–H and O–H groups in total. The maximum absolute atomic E-state index is 14.1. The molecule has 3 aliphatic carbocycles. The van der Waals surface area contributed by atoms with Crippen LogP contribution in [0.25, 0.3) is 0 Å². The highest BCUT2D eigenvalue weighted by atomic mass is 19.4. The van der Waals surface area contributed by atoms with Crippen molar-refractivity contribution in [1.82, 2.24) is 0 Å². The summed E-state index contributed by atoms with van der Waals surface area (Å²) in [6, 6.07) is 0. The zero-order valence-corrected chi connectivity index (χ0v) is 12.4. The van der Waals surface area contributed by atoms with E-state index in [9.17, 15) is 17.6 Å². The Kier molecular flexibility index (Phi) is 4.02. The molecule has 4 rings (SSSR count). The van der Waals surface area contributed by atoms with Crippen LogP contribution >= 0.6 is 0 Å². The number of alkyl halides is 3. The summed E-state index contributed by atoms with van der Waals surface area (Å²) >= 11 is 0. The Morgan fingerprint density at radius 3 is 2.27 bits per heavy atom. The molecule has 7 heteroatoms. The molecule has 2 bridgehead atoms. The lowest BCUT2D eigenvalue weighted by Gasteiger charge is -2.48. The second-order valence-corrected chi connectivity index (χ2v) is 6.92. The van der Waals surface area contributed by atoms with E-state index in [2.05, 4.69) is 0 Å². The molecule has 1 heterocycles. The van der Waals surface area contributed by atoms with Crippen LogP contribution in [0, 0.1) is 16.7 Å². The molecule has 1 aliphatic heterocycles. The van der Waals surface area contributed by atoms with Crippen LogP contribution in [0.1, 0.15) is 32.6 Å². The van der Waals surface area contributed by atoms with Crippen molar-refractivity contribution in [2.24, 2.45) is 16.7 Å². The lowest BCUT2D eigenvalue weighted by Crippen LogP contribution is -2.44. The Labute approximate surface area is 126 Å². The van der Waals surface area contributed by atoms with Gasteiger partial charge in [-0.1, -0.05) is 6.92 Å². The topological polar surface area (TPSA) is 27.7 Å². The van der Waals surface area contributed by atoms with Crippen molar-refractivity contribution in [3.05, 3.63) is 11.9 Å². The molecule has 0 aromatic rings. The maximum atomic E-state index is 14.1. The molecule has 3 nitrogen and oxygen atoms in total. The number of hydrogen-bond acceptors (Lipinski definition) is 3. The summed E-state index contributed by atoms with van der Waals surface area (Å²) in [5.41, 5.74) is -0.727. The number of halogens is 4. The highest BCUT2D eigenvalue weighted by Crippen LogP contribution is 2.56. The van der Waals surface area contributed by atoms with Gasteiger partial charge in [0.05, 0.1) is 19.8 Å². The van der Waals surface area contributed by atoms with Gasteiger partial charge in [0.15, 0.2) is 0 Å². The van der Waals surface area contributed by atoms with Gasteiger partial charge in [0.25, 0.3) is 6.48 Å². The molecule has 126 valence electrons. The van der Waals surface area contributed by atoms with Crippen LogP contribution in [0.3, 0.4) is 0 Å². The molecule has 0 spiro atoms. The van der Waals surface area contributed by atoms with E-state index in [1.165, 1.54) is 0 Å². The molecule has 1 saturated heterocycles. The largest absolute Gasteiger partial charge is 0.396 e. The molecule has 4 aliphatic rings. The summed E-state index contributed by atoms with van der Waals surface area (Å²) < 4.78 is 67.0. The van der Waals surface area contributed by atoms with Gasteiger partial charge in [-0.3, -0.25) is 0 Å². The molecule has 2 fully saturated rings. The smallest absolute Gasteiger partial charge is 0.329 e. The quantitative estimate of drug-likeness (QED) is 0.736. The second-order valence-electron chi connectivity index (χ2n) is 6.92. The van der Waals surface area contributed by atoms with Gasteiger partial charge < -0.3 is 14.2 Å². The molecule has 0 atom stereocenters. The molecular weight excluding hydrogens is 304 g/mol. The first kappa shape index (κ1) is 16.2. The van der Waals surface area contributed by atoms with Gasteiger partial charge in [-0.15, -0.1) is 0 Å². The minimum Gasteiger partial charge on any atom is -0.329 e. The summed E-state index contributed by atoms with van der Waals surface area (Å²) in [6.45, 7) is 0.0951. The molecule has 0 radical (unpaired) electrons. The lowest BCUT2D eigenvalue weighted by molar-refractivity contribution is -0.353. The predicted octanol–water partition coefficient (Wildman–Crippen LogP) is 3.95. The van der Waals surface area contributed by atoms with Crippen molar-refractivity contribution in [3.8, 4) is 0 Å². The van der Waals surface area contributed by atoms with Crippen LogP contribution in [0.15, 0.2) is 11.9 Å². The van der Waals surface area contributed by atoms with Gasteiger partial charge in [-0.05, 0) is 31.8 Å². The molecule has 0 amide bonds. The van der Waals surface area contributed by atoms with Crippen LogP contribution in [0.4, 0.5) is 17.6 Å². The number of ether oxygens (including phenoxy) is 3. The van der Waals surface area contributed by atoms with Crippen molar-refractivity contribution in [2.75, 3.05) is 19.8 Å². The Morgan fingerprint density at radius 1 is 1.18 bits per heavy atom. The fourth-order valence-corrected chi connectivity index (χ4v) is 3.32. The SMILES string of the molecule is CC12CCC(COC3OCC(C(F)(F)F)CO3)(C=C1F)CC2. The second kappa shape index (κ2) is 5.46. The molecule has 22 heavy (non-hydrogen) atoms. The Bertz CT molecular complexity index is 444. The van der Waals surface area contributed by atoms with Crippen molar-refractivity contribution in [2.45, 2.75) is 45.3 Å². The van der Waals surface area contributed by atoms with E-state index in [0.717, 1.165) is 25.7 Å². The highest BCUT2D eigenvalue weighted by Gasteiger charge is 2.48. The van der Waals surface area contributed by atoms with Gasteiger partial charge in [0.2, 0.25) is 0 Å². The predicted molar refractivity (Wildman–Crippen MR) is 69.4 cm³/mol. The number of rotatable bonds is 3. The van der Waals surface area contributed by atoms with Crippen molar-refractivity contribution in [1.29, 1.82) is 0 Å². The number of hydrogen-bond donors (Lipinski definition) is 0. The minimum absolute atomic E-state index is 0.101. The van der Waals surface area contributed by atoms with E-state index in [4.69, 9.17) is 14.2 Å². The van der Waals surface area contributed by atoms with Crippen molar-refractivity contribution >= 4 is 0 Å². The first-order chi connectivity index (χ1) is 10.2. The summed E-state index contributed by atoms with van der Waals surface area (Å²) in [5.74, 6) is -1.72. The summed E-state index contributed by atoms with van der Waals surface area (Å²) in [6.07, 6.45) is 0.458. The molecule has 0 aromatic heterocycles. The molecular formula is C15H20F4O3. The van der Waals surface area contributed by atoms with Crippen LogP contribution in [-0.4, -0.2) is 32.5 Å². The Balaban J connectivity index is 1.52. The fourth-order valence-electron chi connectivity index (χ4n) is 3.32. The van der Waals surface area contributed by atoms with Crippen molar-refractivity contribution in [3.63, 3.8) is 0 Å². The van der Waals surface area contributed by atoms with Crippen LogP contribution in [-0.2, 0) is 14.2 Å². The zero-order chi connectivity index (χ0) is 16.0. The molecule has 0 unspecified atom stereocenters. The van der Waals surface area contributed by atoms with Gasteiger partial charge in [-0.25, -0.2) is 4.39 Å². The normalized spacial score (nSPS) is 42.3. The summed E-state index contributed by atoms with van der Waals surface area (Å²) in [7, 11) is 0. The van der Waals surface area contributed by atoms with Gasteiger partial charge >= 0.3 is 6.18 Å². The zero-order valence-electron chi connectivity index (χ0n) is 12.4. The first-order valence-corrected chi connectivity index (χ1v) is 7.53. The third-order valence-corrected chi connectivity index (χ3v) is 5.20. The van der Waals surface area contributed by atoms with E-state index in [-0.39, 0.29) is 23.3 Å². The van der Waals surface area contributed by atoms with Crippen LogP contribution < -0.4 is 0 Å². The third kappa shape index (κ3) is 3.03. The molecule has 0 aromatic carbocycles. The van der Waals surface area contributed by atoms with Crippen LogP contribution in [0.5, 0.6) is 0 Å². The number of fused-ring (bicyclic) bond motifs is 2. The van der Waals surface area contributed by atoms with E-state index in [1.54, 1.807) is 6.08 Å². The lowest BCUT2D eigenvalue weighted by atomic mass is 9.58. The summed E-state index contributed by atoms with van der Waals surface area (Å²) in [5, 5.41) is 0. The Morgan fingerprint density at radius 2 is 1.77 bits per heavy atom.